The molecule has 2 unspecified atom stereocenters. The van der Waals surface area contributed by atoms with Gasteiger partial charge in [-0.3, -0.25) is 9.59 Å². The summed E-state index contributed by atoms with van der Waals surface area (Å²) in [6, 6.07) is -0.723. The monoisotopic (exact) mass is 808 g/mol. The van der Waals surface area contributed by atoms with Gasteiger partial charge in [-0.25, -0.2) is 0 Å². The van der Waals surface area contributed by atoms with Gasteiger partial charge in [0.2, 0.25) is 0 Å². The number of esters is 2. The number of allylic oxidation sites excluding steroid dienone is 2. The van der Waals surface area contributed by atoms with E-state index in [1.165, 1.54) is 148 Å². The van der Waals surface area contributed by atoms with Gasteiger partial charge in [0.25, 0.3) is 0 Å². The number of carbonyl (C=O) groups is 3. The van der Waals surface area contributed by atoms with Crippen molar-refractivity contribution in [2.75, 3.05) is 41.0 Å². The second-order valence-electron chi connectivity index (χ2n) is 17.7. The van der Waals surface area contributed by atoms with Gasteiger partial charge in [0.1, 0.15) is 12.6 Å². The number of likely N-dealkylation sites (N-methyl/N-ethyl adjacent to an activating group) is 1. The SMILES string of the molecule is CCCCC/C=C/CCCCCCCC(=O)OC(COCCC(C(=O)[O-])[N+](C)(C)C)COC(=O)CCCCCCCCCCCCCCCCCCCCCCC. The van der Waals surface area contributed by atoms with Gasteiger partial charge in [-0.05, 0) is 38.5 Å². The number of aliphatic carboxylic acids is 1. The summed E-state index contributed by atoms with van der Waals surface area (Å²) in [4.78, 5) is 36.9. The fourth-order valence-electron chi connectivity index (χ4n) is 7.36. The third kappa shape index (κ3) is 39.3. The average molecular weight is 808 g/mol. The Bertz CT molecular complexity index is 947. The van der Waals surface area contributed by atoms with Crippen molar-refractivity contribution in [1.82, 2.24) is 0 Å². The molecule has 0 spiro atoms. The van der Waals surface area contributed by atoms with Crippen LogP contribution in [-0.4, -0.2) is 75.5 Å². The molecule has 0 amide bonds. The minimum atomic E-state index is -1.12. The molecule has 0 radical (unpaired) electrons. The summed E-state index contributed by atoms with van der Waals surface area (Å²) in [5, 5.41) is 11.6. The van der Waals surface area contributed by atoms with Gasteiger partial charge in [-0.1, -0.05) is 187 Å². The fourth-order valence-corrected chi connectivity index (χ4v) is 7.36. The Hall–Kier alpha value is -1.93. The van der Waals surface area contributed by atoms with Crippen molar-refractivity contribution in [2.24, 2.45) is 0 Å². The smallest absolute Gasteiger partial charge is 0.306 e. The predicted octanol–water partition coefficient (Wildman–Crippen LogP) is 12.1. The third-order valence-corrected chi connectivity index (χ3v) is 11.2. The van der Waals surface area contributed by atoms with E-state index in [-0.39, 0.29) is 42.7 Å². The first kappa shape index (κ1) is 55.1. The van der Waals surface area contributed by atoms with E-state index in [2.05, 4.69) is 26.0 Å². The van der Waals surface area contributed by atoms with E-state index in [9.17, 15) is 19.5 Å². The lowest BCUT2D eigenvalue weighted by atomic mass is 10.0. The maximum atomic E-state index is 12.7. The Balaban J connectivity index is 4.17. The van der Waals surface area contributed by atoms with Gasteiger partial charge in [0.15, 0.2) is 6.10 Å². The van der Waals surface area contributed by atoms with Crippen molar-refractivity contribution in [3.8, 4) is 0 Å². The molecule has 0 aromatic heterocycles. The van der Waals surface area contributed by atoms with Crippen LogP contribution in [0.5, 0.6) is 0 Å². The highest BCUT2D eigenvalue weighted by atomic mass is 16.6. The zero-order chi connectivity index (χ0) is 42.1. The quantitative estimate of drug-likeness (QED) is 0.0261. The number of carboxylic acids is 1. The van der Waals surface area contributed by atoms with Crippen LogP contribution in [0.15, 0.2) is 12.2 Å². The van der Waals surface area contributed by atoms with Crippen LogP contribution in [0.2, 0.25) is 0 Å². The summed E-state index contributed by atoms with van der Waals surface area (Å²) < 4.78 is 17.2. The Labute approximate surface area is 352 Å². The Kier molecular flexibility index (Phi) is 39.4. The molecule has 0 fully saturated rings. The molecular weight excluding hydrogens is 715 g/mol. The molecule has 0 rings (SSSR count). The van der Waals surface area contributed by atoms with E-state index in [0.29, 0.717) is 12.8 Å². The van der Waals surface area contributed by atoms with Crippen molar-refractivity contribution in [2.45, 2.75) is 244 Å². The molecule has 336 valence electrons. The number of unbranched alkanes of at least 4 members (excludes halogenated alkanes) is 28. The van der Waals surface area contributed by atoms with Crippen LogP contribution in [-0.2, 0) is 28.6 Å². The zero-order valence-corrected chi connectivity index (χ0v) is 38.3. The number of rotatable bonds is 44. The number of quaternary nitrogens is 1. The van der Waals surface area contributed by atoms with Gasteiger partial charge in [0.05, 0.1) is 40.3 Å². The lowest BCUT2D eigenvalue weighted by molar-refractivity contribution is -0.889. The van der Waals surface area contributed by atoms with Crippen molar-refractivity contribution >= 4 is 17.9 Å². The maximum Gasteiger partial charge on any atom is 0.306 e. The first-order valence-electron chi connectivity index (χ1n) is 24.2. The average Bonchev–Trinajstić information content (AvgIpc) is 3.17. The maximum absolute atomic E-state index is 12.7. The molecule has 0 N–H and O–H groups in total. The van der Waals surface area contributed by atoms with Crippen LogP contribution in [0, 0.1) is 0 Å². The number of nitrogens with zero attached hydrogens (tertiary/aromatic N) is 1. The van der Waals surface area contributed by atoms with E-state index in [1.807, 2.05) is 0 Å². The Morgan fingerprint density at radius 2 is 0.877 bits per heavy atom. The molecule has 0 aromatic rings. The molecular formula is C49H93NO7. The van der Waals surface area contributed by atoms with E-state index in [0.717, 1.165) is 51.4 Å². The molecule has 0 aliphatic rings. The van der Waals surface area contributed by atoms with Crippen molar-refractivity contribution in [3.63, 3.8) is 0 Å². The summed E-state index contributed by atoms with van der Waals surface area (Å²) in [6.07, 6.45) is 43.8. The second kappa shape index (κ2) is 40.8. The van der Waals surface area contributed by atoms with Crippen molar-refractivity contribution in [1.29, 1.82) is 0 Å². The summed E-state index contributed by atoms with van der Waals surface area (Å²) in [6.45, 7) is 4.66. The summed E-state index contributed by atoms with van der Waals surface area (Å²) >= 11 is 0. The molecule has 0 saturated heterocycles. The normalized spacial score (nSPS) is 12.9. The van der Waals surface area contributed by atoms with Crippen LogP contribution in [0.3, 0.4) is 0 Å². The lowest BCUT2D eigenvalue weighted by Crippen LogP contribution is -2.55. The van der Waals surface area contributed by atoms with E-state index < -0.39 is 18.1 Å². The molecule has 8 heteroatoms. The number of carbonyl (C=O) groups excluding carboxylic acids is 3. The lowest BCUT2D eigenvalue weighted by Gasteiger charge is -2.34. The van der Waals surface area contributed by atoms with Crippen molar-refractivity contribution < 1.29 is 38.2 Å². The molecule has 8 nitrogen and oxygen atoms in total. The minimum Gasteiger partial charge on any atom is -0.544 e. The Morgan fingerprint density at radius 3 is 1.30 bits per heavy atom. The fraction of sp³-hybridized carbons (Fsp3) is 0.898. The minimum absolute atomic E-state index is 0.0429. The number of ether oxygens (including phenoxy) is 3. The van der Waals surface area contributed by atoms with Crippen LogP contribution in [0.4, 0.5) is 0 Å². The first-order chi connectivity index (χ1) is 27.6. The Morgan fingerprint density at radius 1 is 0.509 bits per heavy atom. The van der Waals surface area contributed by atoms with Crippen LogP contribution < -0.4 is 5.11 Å². The molecule has 2 atom stereocenters. The van der Waals surface area contributed by atoms with Crippen LogP contribution in [0.1, 0.15) is 232 Å². The third-order valence-electron chi connectivity index (χ3n) is 11.2. The van der Waals surface area contributed by atoms with Gasteiger partial charge in [-0.15, -0.1) is 0 Å². The molecule has 0 aliphatic heterocycles. The molecule has 0 aromatic carbocycles. The zero-order valence-electron chi connectivity index (χ0n) is 38.3. The van der Waals surface area contributed by atoms with Gasteiger partial charge in [0, 0.05) is 19.3 Å². The van der Waals surface area contributed by atoms with Crippen molar-refractivity contribution in [3.05, 3.63) is 12.2 Å². The second-order valence-corrected chi connectivity index (χ2v) is 17.7. The summed E-state index contributed by atoms with van der Waals surface area (Å²) in [5.41, 5.74) is 0. The largest absolute Gasteiger partial charge is 0.544 e. The molecule has 0 saturated carbocycles. The molecule has 0 aliphatic carbocycles. The number of carboxylic acid groups (broad SMARTS) is 1. The standard InChI is InChI=1S/C49H93NO7/c1-6-8-10-12-14-16-18-20-21-22-23-24-25-26-27-28-30-31-33-35-37-39-47(51)56-44-45(43-55-42-41-46(49(53)54)50(3,4)5)57-48(52)40-38-36-34-32-29-19-17-15-13-11-9-7-2/h15,17,45-46H,6-14,16,18-44H2,1-5H3/b17-15+. The highest BCUT2D eigenvalue weighted by Crippen LogP contribution is 2.16. The highest BCUT2D eigenvalue weighted by molar-refractivity contribution is 5.70. The van der Waals surface area contributed by atoms with Crippen LogP contribution >= 0.6 is 0 Å². The van der Waals surface area contributed by atoms with Gasteiger partial charge < -0.3 is 28.6 Å². The predicted molar refractivity (Wildman–Crippen MR) is 236 cm³/mol. The highest BCUT2D eigenvalue weighted by Gasteiger charge is 2.25. The number of hydrogen-bond donors (Lipinski definition) is 0. The summed E-state index contributed by atoms with van der Waals surface area (Å²) in [5.74, 6) is -1.73. The van der Waals surface area contributed by atoms with E-state index in [4.69, 9.17) is 14.2 Å². The molecule has 0 bridgehead atoms. The summed E-state index contributed by atoms with van der Waals surface area (Å²) in [7, 11) is 5.41. The topological polar surface area (TPSA) is 102 Å². The van der Waals surface area contributed by atoms with Gasteiger partial charge >= 0.3 is 11.9 Å². The molecule has 57 heavy (non-hydrogen) atoms. The first-order valence-corrected chi connectivity index (χ1v) is 24.2. The molecule has 0 heterocycles. The van der Waals surface area contributed by atoms with E-state index in [1.54, 1.807) is 21.1 Å². The van der Waals surface area contributed by atoms with Crippen LogP contribution in [0.25, 0.3) is 0 Å². The van der Waals surface area contributed by atoms with Gasteiger partial charge in [-0.2, -0.15) is 0 Å². The number of hydrogen-bond acceptors (Lipinski definition) is 7. The van der Waals surface area contributed by atoms with E-state index >= 15 is 0 Å².